The van der Waals surface area contributed by atoms with Gasteiger partial charge < -0.3 is 10.4 Å². The van der Waals surface area contributed by atoms with E-state index >= 15 is 0 Å². The maximum Gasteiger partial charge on any atom is 0.304 e. The van der Waals surface area contributed by atoms with Gasteiger partial charge in [0.1, 0.15) is 15.8 Å². The van der Waals surface area contributed by atoms with Gasteiger partial charge in [-0.3, -0.25) is 4.79 Å². The number of aromatic nitrogens is 4. The summed E-state index contributed by atoms with van der Waals surface area (Å²) in [7, 11) is 0. The van der Waals surface area contributed by atoms with Gasteiger partial charge in [0.05, 0.1) is 11.4 Å². The average molecular weight is 444 g/mol. The van der Waals surface area contributed by atoms with Crippen molar-refractivity contribution in [2.45, 2.75) is 57.8 Å². The van der Waals surface area contributed by atoms with Crippen LogP contribution in [0, 0.1) is 6.92 Å². The van der Waals surface area contributed by atoms with Crippen LogP contribution in [0.15, 0.2) is 18.3 Å². The van der Waals surface area contributed by atoms with Crippen LogP contribution in [0.25, 0.3) is 0 Å². The average Bonchev–Trinajstić information content (AvgIpc) is 3.36. The van der Waals surface area contributed by atoms with Crippen LogP contribution in [0.4, 0.5) is 5.82 Å². The molecule has 0 amide bonds. The van der Waals surface area contributed by atoms with Crippen molar-refractivity contribution in [2.75, 3.05) is 11.9 Å². The number of nitrogens with one attached hydrogen (secondary N) is 1. The molecule has 30 heavy (non-hydrogen) atoms. The van der Waals surface area contributed by atoms with Gasteiger partial charge in [-0.2, -0.15) is 0 Å². The number of carboxylic acid groups (broad SMARTS) is 1. The van der Waals surface area contributed by atoms with Crippen molar-refractivity contribution in [3.05, 3.63) is 49.5 Å². The molecule has 1 unspecified atom stereocenters. The lowest BCUT2D eigenvalue weighted by Gasteiger charge is -2.17. The van der Waals surface area contributed by atoms with E-state index in [1.54, 1.807) is 28.9 Å². The molecule has 0 spiro atoms. The molecule has 0 fully saturated rings. The smallest absolute Gasteiger partial charge is 0.304 e. The van der Waals surface area contributed by atoms with Crippen molar-refractivity contribution < 1.29 is 9.90 Å². The Morgan fingerprint density at radius 2 is 2.10 bits per heavy atom. The lowest BCUT2D eigenvalue weighted by molar-refractivity contribution is -0.137. The van der Waals surface area contributed by atoms with Crippen molar-refractivity contribution >= 4 is 34.5 Å². The van der Waals surface area contributed by atoms with Crippen LogP contribution in [0.5, 0.6) is 0 Å². The summed E-state index contributed by atoms with van der Waals surface area (Å²) in [6, 6.07) is 4.32. The first-order valence-electron chi connectivity index (χ1n) is 10.2. The first kappa shape index (κ1) is 20.9. The number of aliphatic carboxylic acids is 1. The fourth-order valence-corrected chi connectivity index (χ4v) is 5.51. The Labute approximate surface area is 183 Å². The second-order valence-electron chi connectivity index (χ2n) is 7.56. The van der Waals surface area contributed by atoms with E-state index in [0.717, 1.165) is 63.6 Å². The molecular formula is C21H25N5O2S2. The monoisotopic (exact) mass is 443 g/mol. The SMILES string of the molecule is Cc1ncc(C(CC(=O)O)Cc2nnc(CCCc3ccc4c(n3)NCCC4)s2)s1. The number of hydrogen-bond donors (Lipinski definition) is 2. The van der Waals surface area contributed by atoms with Crippen molar-refractivity contribution in [2.24, 2.45) is 0 Å². The van der Waals surface area contributed by atoms with Crippen LogP contribution in [0.2, 0.25) is 0 Å². The normalized spacial score (nSPS) is 14.2. The highest BCUT2D eigenvalue weighted by molar-refractivity contribution is 7.12. The molecule has 4 heterocycles. The van der Waals surface area contributed by atoms with Gasteiger partial charge in [-0.15, -0.1) is 32.9 Å². The largest absolute Gasteiger partial charge is 0.481 e. The molecule has 0 bridgehead atoms. The van der Waals surface area contributed by atoms with E-state index in [9.17, 15) is 9.90 Å². The zero-order valence-corrected chi connectivity index (χ0v) is 18.6. The van der Waals surface area contributed by atoms with Crippen LogP contribution in [0.1, 0.15) is 56.3 Å². The maximum atomic E-state index is 11.3. The summed E-state index contributed by atoms with van der Waals surface area (Å²) in [6.07, 6.45) is 7.45. The van der Waals surface area contributed by atoms with E-state index < -0.39 is 5.97 Å². The van der Waals surface area contributed by atoms with Gasteiger partial charge in [0, 0.05) is 42.1 Å². The fraction of sp³-hybridized carbons (Fsp3) is 0.476. The highest BCUT2D eigenvalue weighted by atomic mass is 32.1. The number of carboxylic acids is 1. The maximum absolute atomic E-state index is 11.3. The molecule has 1 aliphatic heterocycles. The van der Waals surface area contributed by atoms with E-state index in [0.29, 0.717) is 6.42 Å². The lowest BCUT2D eigenvalue weighted by Crippen LogP contribution is -2.14. The fourth-order valence-electron chi connectivity index (χ4n) is 3.66. The molecule has 3 aromatic rings. The molecule has 158 valence electrons. The van der Waals surface area contributed by atoms with Gasteiger partial charge in [-0.05, 0) is 44.2 Å². The van der Waals surface area contributed by atoms with Crippen molar-refractivity contribution in [3.63, 3.8) is 0 Å². The standard InChI is InChI=1S/C21H25N5O2S2/c1-13-23-12-17(29-13)15(11-20(27)28)10-19-26-25-18(30-19)6-2-5-16-8-7-14-4-3-9-22-21(14)24-16/h7-8,12,15H,2-6,9-11H2,1H3,(H,22,24)(H,27,28). The molecular weight excluding hydrogens is 418 g/mol. The first-order valence-corrected chi connectivity index (χ1v) is 11.9. The Bertz CT molecular complexity index is 1020. The van der Waals surface area contributed by atoms with Gasteiger partial charge in [0.15, 0.2) is 0 Å². The Kier molecular flexibility index (Phi) is 6.69. The topological polar surface area (TPSA) is 101 Å². The van der Waals surface area contributed by atoms with Gasteiger partial charge in [0.2, 0.25) is 0 Å². The number of thiazole rings is 1. The van der Waals surface area contributed by atoms with Crippen molar-refractivity contribution in [1.29, 1.82) is 0 Å². The minimum atomic E-state index is -0.803. The summed E-state index contributed by atoms with van der Waals surface area (Å²) >= 11 is 3.14. The molecule has 2 N–H and O–H groups in total. The predicted octanol–water partition coefficient (Wildman–Crippen LogP) is 4.03. The summed E-state index contributed by atoms with van der Waals surface area (Å²) in [6.45, 7) is 2.93. The number of fused-ring (bicyclic) bond motifs is 1. The van der Waals surface area contributed by atoms with Gasteiger partial charge in [-0.1, -0.05) is 6.07 Å². The molecule has 3 aromatic heterocycles. The van der Waals surface area contributed by atoms with Crippen LogP contribution < -0.4 is 5.32 Å². The van der Waals surface area contributed by atoms with Gasteiger partial charge in [0.25, 0.3) is 0 Å². The van der Waals surface area contributed by atoms with Crippen LogP contribution in [-0.2, 0) is 30.5 Å². The third kappa shape index (κ3) is 5.40. The Hall–Kier alpha value is -2.39. The van der Waals surface area contributed by atoms with Gasteiger partial charge in [-0.25, -0.2) is 9.97 Å². The Balaban J connectivity index is 1.32. The van der Waals surface area contributed by atoms with Gasteiger partial charge >= 0.3 is 5.97 Å². The molecule has 0 aromatic carbocycles. The third-order valence-electron chi connectivity index (χ3n) is 5.17. The predicted molar refractivity (Wildman–Crippen MR) is 119 cm³/mol. The zero-order chi connectivity index (χ0) is 20.9. The lowest BCUT2D eigenvalue weighted by atomic mass is 10.0. The number of rotatable bonds is 9. The number of nitrogens with zero attached hydrogens (tertiary/aromatic N) is 4. The molecule has 0 radical (unpaired) electrons. The summed E-state index contributed by atoms with van der Waals surface area (Å²) in [5.74, 6) is 0.129. The Morgan fingerprint density at radius 1 is 1.23 bits per heavy atom. The molecule has 1 aliphatic rings. The summed E-state index contributed by atoms with van der Waals surface area (Å²) < 4.78 is 0. The molecule has 0 saturated heterocycles. The molecule has 9 heteroatoms. The summed E-state index contributed by atoms with van der Waals surface area (Å²) in [4.78, 5) is 21.3. The molecule has 4 rings (SSSR count). The number of aryl methyl sites for hydroxylation is 4. The van der Waals surface area contributed by atoms with E-state index in [-0.39, 0.29) is 12.3 Å². The van der Waals surface area contributed by atoms with E-state index in [1.165, 1.54) is 12.0 Å². The number of anilines is 1. The van der Waals surface area contributed by atoms with Crippen molar-refractivity contribution in [1.82, 2.24) is 20.2 Å². The number of carbonyl (C=O) groups is 1. The van der Waals surface area contributed by atoms with Crippen LogP contribution >= 0.6 is 22.7 Å². The third-order valence-corrected chi connectivity index (χ3v) is 7.25. The van der Waals surface area contributed by atoms with E-state index in [1.807, 2.05) is 6.92 Å². The summed E-state index contributed by atoms with van der Waals surface area (Å²) in [5, 5.41) is 24.1. The number of hydrogen-bond acceptors (Lipinski definition) is 8. The molecule has 0 saturated carbocycles. The van der Waals surface area contributed by atoms with E-state index in [2.05, 4.69) is 32.6 Å². The van der Waals surface area contributed by atoms with Crippen LogP contribution in [-0.4, -0.2) is 37.8 Å². The second-order valence-corrected chi connectivity index (χ2v) is 9.98. The second kappa shape index (κ2) is 9.61. The minimum Gasteiger partial charge on any atom is -0.481 e. The van der Waals surface area contributed by atoms with E-state index in [4.69, 9.17) is 4.98 Å². The minimum absolute atomic E-state index is 0.0780. The molecule has 1 atom stereocenters. The highest BCUT2D eigenvalue weighted by Gasteiger charge is 2.21. The highest BCUT2D eigenvalue weighted by Crippen LogP contribution is 2.30. The quantitative estimate of drug-likeness (QED) is 0.515. The number of pyridine rings is 1. The summed E-state index contributed by atoms with van der Waals surface area (Å²) in [5.41, 5.74) is 2.42. The molecule has 7 nitrogen and oxygen atoms in total. The van der Waals surface area contributed by atoms with Crippen LogP contribution in [0.3, 0.4) is 0 Å². The molecule has 0 aliphatic carbocycles. The zero-order valence-electron chi connectivity index (χ0n) is 16.9. The first-order chi connectivity index (χ1) is 14.6. The van der Waals surface area contributed by atoms with Crippen molar-refractivity contribution in [3.8, 4) is 0 Å². The Morgan fingerprint density at radius 3 is 2.90 bits per heavy atom.